The average molecular weight is 352 g/mol. The minimum atomic E-state index is -0.256. The molecule has 0 aliphatic carbocycles. The largest absolute Gasteiger partial charge is 0.462 e. The Morgan fingerprint density at radius 3 is 2.84 bits per heavy atom. The number of amides is 1. The topological polar surface area (TPSA) is 68.3 Å². The zero-order chi connectivity index (χ0) is 17.4. The van der Waals surface area contributed by atoms with Crippen molar-refractivity contribution < 1.29 is 13.6 Å². The molecule has 1 N–H and O–H groups in total. The SMILES string of the molecule is Cc1sc(-c2ccco2)nc1C(=O)N[C@H](C)c1cc2ccccc2o1. The van der Waals surface area contributed by atoms with Gasteiger partial charge in [-0.15, -0.1) is 11.3 Å². The molecular formula is C19H16N2O3S. The van der Waals surface area contributed by atoms with Gasteiger partial charge in [-0.05, 0) is 38.1 Å². The van der Waals surface area contributed by atoms with E-state index >= 15 is 0 Å². The predicted octanol–water partition coefficient (Wildman–Crippen LogP) is 4.95. The third kappa shape index (κ3) is 2.96. The second kappa shape index (κ2) is 6.22. The van der Waals surface area contributed by atoms with Gasteiger partial charge in [-0.2, -0.15) is 0 Å². The summed E-state index contributed by atoms with van der Waals surface area (Å²) in [6, 6.07) is 13.1. The molecule has 0 unspecified atom stereocenters. The van der Waals surface area contributed by atoms with Gasteiger partial charge in [-0.25, -0.2) is 4.98 Å². The fourth-order valence-corrected chi connectivity index (χ4v) is 3.54. The van der Waals surface area contributed by atoms with E-state index in [-0.39, 0.29) is 11.9 Å². The number of carbonyl (C=O) groups excluding carboxylic acids is 1. The molecule has 1 atom stereocenters. The van der Waals surface area contributed by atoms with Crippen molar-refractivity contribution in [2.45, 2.75) is 19.9 Å². The molecule has 0 fully saturated rings. The number of aryl methyl sites for hydroxylation is 1. The summed E-state index contributed by atoms with van der Waals surface area (Å²) < 4.78 is 11.2. The van der Waals surface area contributed by atoms with Crippen molar-refractivity contribution in [2.75, 3.05) is 0 Å². The first-order valence-corrected chi connectivity index (χ1v) is 8.74. The Labute approximate surface area is 148 Å². The summed E-state index contributed by atoms with van der Waals surface area (Å²) in [5.41, 5.74) is 1.22. The molecule has 0 spiro atoms. The summed E-state index contributed by atoms with van der Waals surface area (Å²) in [4.78, 5) is 17.9. The summed E-state index contributed by atoms with van der Waals surface area (Å²) in [5, 5.41) is 4.67. The smallest absolute Gasteiger partial charge is 0.271 e. The molecule has 3 heterocycles. The highest BCUT2D eigenvalue weighted by molar-refractivity contribution is 7.15. The number of benzene rings is 1. The predicted molar refractivity (Wildman–Crippen MR) is 96.6 cm³/mol. The number of aromatic nitrogens is 1. The zero-order valence-electron chi connectivity index (χ0n) is 13.8. The minimum Gasteiger partial charge on any atom is -0.462 e. The van der Waals surface area contributed by atoms with E-state index in [1.807, 2.05) is 50.2 Å². The molecule has 0 aliphatic rings. The minimum absolute atomic E-state index is 0.223. The number of furan rings is 2. The maximum atomic E-state index is 12.6. The number of thiazole rings is 1. The summed E-state index contributed by atoms with van der Waals surface area (Å²) in [5.74, 6) is 1.16. The van der Waals surface area contributed by atoms with E-state index in [1.165, 1.54) is 11.3 Å². The first-order chi connectivity index (χ1) is 12.1. The third-order valence-electron chi connectivity index (χ3n) is 3.96. The molecule has 1 aromatic carbocycles. The Balaban J connectivity index is 1.55. The molecular weight excluding hydrogens is 336 g/mol. The lowest BCUT2D eigenvalue weighted by molar-refractivity contribution is 0.0931. The van der Waals surface area contributed by atoms with Crippen LogP contribution < -0.4 is 5.32 Å². The van der Waals surface area contributed by atoms with E-state index in [1.54, 1.807) is 12.3 Å². The van der Waals surface area contributed by atoms with Gasteiger partial charge in [0.05, 0.1) is 12.3 Å². The molecule has 4 aromatic rings. The monoisotopic (exact) mass is 352 g/mol. The molecule has 0 bridgehead atoms. The fourth-order valence-electron chi connectivity index (χ4n) is 2.66. The second-order valence-corrected chi connectivity index (χ2v) is 6.99. The van der Waals surface area contributed by atoms with E-state index in [4.69, 9.17) is 8.83 Å². The van der Waals surface area contributed by atoms with Crippen LogP contribution in [0.4, 0.5) is 0 Å². The number of fused-ring (bicyclic) bond motifs is 1. The highest BCUT2D eigenvalue weighted by Crippen LogP contribution is 2.29. The van der Waals surface area contributed by atoms with Crippen LogP contribution in [-0.4, -0.2) is 10.9 Å². The standard InChI is InChI=1S/C19H16N2O3S/c1-11(16-10-13-6-3-4-7-14(13)24-16)20-18(22)17-12(2)25-19(21-17)15-8-5-9-23-15/h3-11H,1-2H3,(H,20,22)/t11-/m1/s1. The lowest BCUT2D eigenvalue weighted by Gasteiger charge is -2.10. The van der Waals surface area contributed by atoms with Gasteiger partial charge in [0.25, 0.3) is 5.91 Å². The quantitative estimate of drug-likeness (QED) is 0.564. The van der Waals surface area contributed by atoms with Gasteiger partial charge < -0.3 is 14.2 Å². The van der Waals surface area contributed by atoms with Crippen LogP contribution in [0.2, 0.25) is 0 Å². The highest BCUT2D eigenvalue weighted by atomic mass is 32.1. The van der Waals surface area contributed by atoms with Gasteiger partial charge in [0.15, 0.2) is 10.8 Å². The van der Waals surface area contributed by atoms with Crippen LogP contribution in [0.5, 0.6) is 0 Å². The molecule has 4 rings (SSSR count). The van der Waals surface area contributed by atoms with Crippen LogP contribution in [0.3, 0.4) is 0 Å². The molecule has 0 saturated carbocycles. The Morgan fingerprint density at radius 1 is 1.24 bits per heavy atom. The maximum Gasteiger partial charge on any atom is 0.271 e. The molecule has 126 valence electrons. The van der Waals surface area contributed by atoms with E-state index in [0.717, 1.165) is 15.8 Å². The third-order valence-corrected chi connectivity index (χ3v) is 4.95. The van der Waals surface area contributed by atoms with Crippen LogP contribution in [0.25, 0.3) is 21.7 Å². The average Bonchev–Trinajstić information content (AvgIpc) is 3.33. The van der Waals surface area contributed by atoms with Crippen LogP contribution in [0, 0.1) is 6.92 Å². The van der Waals surface area contributed by atoms with Crippen LogP contribution >= 0.6 is 11.3 Å². The van der Waals surface area contributed by atoms with E-state index in [9.17, 15) is 4.79 Å². The summed E-state index contributed by atoms with van der Waals surface area (Å²) >= 11 is 1.44. The molecule has 0 radical (unpaired) electrons. The van der Waals surface area contributed by atoms with E-state index in [2.05, 4.69) is 10.3 Å². The number of para-hydroxylation sites is 1. The molecule has 25 heavy (non-hydrogen) atoms. The Hall–Kier alpha value is -2.86. The van der Waals surface area contributed by atoms with Crippen LogP contribution in [0.1, 0.15) is 34.1 Å². The number of rotatable bonds is 4. The zero-order valence-corrected chi connectivity index (χ0v) is 14.6. The normalized spacial score (nSPS) is 12.4. The van der Waals surface area contributed by atoms with Crippen molar-refractivity contribution in [2.24, 2.45) is 0 Å². The first kappa shape index (κ1) is 15.7. The maximum absolute atomic E-state index is 12.6. The lowest BCUT2D eigenvalue weighted by Crippen LogP contribution is -2.27. The second-order valence-electron chi connectivity index (χ2n) is 5.78. The highest BCUT2D eigenvalue weighted by Gasteiger charge is 2.21. The lowest BCUT2D eigenvalue weighted by atomic mass is 10.2. The van der Waals surface area contributed by atoms with Gasteiger partial charge in [-0.3, -0.25) is 4.79 Å². The van der Waals surface area contributed by atoms with Crippen molar-refractivity contribution in [1.29, 1.82) is 0 Å². The summed E-state index contributed by atoms with van der Waals surface area (Å²) in [6.45, 7) is 3.77. The first-order valence-electron chi connectivity index (χ1n) is 7.92. The van der Waals surface area contributed by atoms with Crippen molar-refractivity contribution >= 4 is 28.2 Å². The van der Waals surface area contributed by atoms with E-state index < -0.39 is 0 Å². The van der Waals surface area contributed by atoms with Gasteiger partial charge in [0.1, 0.15) is 17.0 Å². The van der Waals surface area contributed by atoms with Gasteiger partial charge >= 0.3 is 0 Å². The van der Waals surface area contributed by atoms with Crippen molar-refractivity contribution in [3.63, 3.8) is 0 Å². The molecule has 3 aromatic heterocycles. The van der Waals surface area contributed by atoms with Crippen LogP contribution in [0.15, 0.2) is 57.6 Å². The number of nitrogens with one attached hydrogen (secondary N) is 1. The van der Waals surface area contributed by atoms with Crippen molar-refractivity contribution in [3.05, 3.63) is 65.1 Å². The fraction of sp³-hybridized carbons (Fsp3) is 0.158. The number of hydrogen-bond acceptors (Lipinski definition) is 5. The van der Waals surface area contributed by atoms with Gasteiger partial charge in [0.2, 0.25) is 0 Å². The molecule has 5 nitrogen and oxygen atoms in total. The Morgan fingerprint density at radius 2 is 2.08 bits per heavy atom. The Kier molecular flexibility index (Phi) is 3.89. The number of nitrogens with zero attached hydrogens (tertiary/aromatic N) is 1. The summed E-state index contributed by atoms with van der Waals surface area (Å²) in [6.07, 6.45) is 1.59. The van der Waals surface area contributed by atoms with Crippen LogP contribution in [-0.2, 0) is 0 Å². The number of carbonyl (C=O) groups is 1. The molecule has 0 aliphatic heterocycles. The van der Waals surface area contributed by atoms with Crippen molar-refractivity contribution in [3.8, 4) is 10.8 Å². The Bertz CT molecular complexity index is 997. The molecule has 0 saturated heterocycles. The van der Waals surface area contributed by atoms with E-state index in [0.29, 0.717) is 22.2 Å². The number of hydrogen-bond donors (Lipinski definition) is 1. The van der Waals surface area contributed by atoms with Crippen molar-refractivity contribution in [1.82, 2.24) is 10.3 Å². The summed E-state index contributed by atoms with van der Waals surface area (Å²) in [7, 11) is 0. The van der Waals surface area contributed by atoms with Gasteiger partial charge in [0, 0.05) is 10.3 Å². The molecule has 1 amide bonds. The van der Waals surface area contributed by atoms with Gasteiger partial charge in [-0.1, -0.05) is 18.2 Å². The molecule has 6 heteroatoms.